The Balaban J connectivity index is 0.00000220. The zero-order valence-electron chi connectivity index (χ0n) is 12.1. The number of hydrogen-bond acceptors (Lipinski definition) is 3. The van der Waals surface area contributed by atoms with Crippen LogP contribution in [-0.2, 0) is 15.1 Å². The number of benzene rings is 2. The van der Waals surface area contributed by atoms with Gasteiger partial charge in [-0.2, -0.15) is 0 Å². The quantitative estimate of drug-likeness (QED) is 0.817. The number of carboxylic acid groups (broad SMARTS) is 1. The van der Waals surface area contributed by atoms with Crippen molar-refractivity contribution >= 4 is 24.8 Å². The van der Waals surface area contributed by atoms with E-state index in [9.17, 15) is 15.0 Å². The summed E-state index contributed by atoms with van der Waals surface area (Å²) in [5.41, 5.74) is -0.263. The summed E-state index contributed by atoms with van der Waals surface area (Å²) in [7, 11) is 1.40. The summed E-state index contributed by atoms with van der Waals surface area (Å²) in [5.74, 6) is -1.33. The van der Waals surface area contributed by atoms with Crippen LogP contribution < -0.4 is 0 Å². The van der Waals surface area contributed by atoms with Crippen molar-refractivity contribution in [3.63, 3.8) is 0 Å². The molecule has 2 aromatic rings. The molecule has 0 heterocycles. The van der Waals surface area contributed by atoms with Crippen LogP contribution in [0, 0.1) is 0 Å². The van der Waals surface area contributed by atoms with E-state index in [1.54, 1.807) is 48.5 Å². The predicted molar refractivity (Wildman–Crippen MR) is 80.1 cm³/mol. The van der Waals surface area contributed by atoms with Gasteiger partial charge in [-0.05, 0) is 11.1 Å². The van der Waals surface area contributed by atoms with Gasteiger partial charge < -0.3 is 14.9 Å². The van der Waals surface area contributed by atoms with Gasteiger partial charge in [0.25, 0.3) is 0 Å². The van der Waals surface area contributed by atoms with Gasteiger partial charge in [0, 0.05) is 26.0 Å². The summed E-state index contributed by atoms with van der Waals surface area (Å²) in [6.45, 7) is 0. The van der Waals surface area contributed by atoms with Crippen LogP contribution in [0.4, 0.5) is 0 Å². The van der Waals surface area contributed by atoms with Crippen LogP contribution in [0.1, 0.15) is 11.1 Å². The molecule has 1 unspecified atom stereocenters. The first kappa shape index (κ1) is 17.5. The second kappa shape index (κ2) is 7.44. The molecule has 0 amide bonds. The topological polar surface area (TPSA) is 66.8 Å². The molecule has 0 fully saturated rings. The van der Waals surface area contributed by atoms with Crippen LogP contribution >= 0.6 is 0 Å². The minimum Gasteiger partial charge on any atom is -0.479 e. The van der Waals surface area contributed by atoms with Gasteiger partial charge in [-0.15, -0.1) is 0 Å². The number of hydrogen-bond donors (Lipinski definition) is 2. The Kier molecular flexibility index (Phi) is 6.19. The zero-order valence-corrected chi connectivity index (χ0v) is 12.1. The number of methoxy groups -OCH3 is 1. The van der Waals surface area contributed by atoms with Crippen molar-refractivity contribution in [1.82, 2.24) is 0 Å². The van der Waals surface area contributed by atoms with Crippen molar-refractivity contribution in [1.29, 1.82) is 0 Å². The SMILES string of the molecule is COC(c1ccccc1)(c1ccccc1)C(O)C(=O)O.[Li]. The van der Waals surface area contributed by atoms with E-state index in [1.165, 1.54) is 7.11 Å². The monoisotopic (exact) mass is 279 g/mol. The second-order valence-electron chi connectivity index (χ2n) is 4.41. The fourth-order valence-electron chi connectivity index (χ4n) is 2.38. The van der Waals surface area contributed by atoms with E-state index in [4.69, 9.17) is 4.74 Å². The molecular formula is C16H16LiO4. The molecule has 0 spiro atoms. The van der Waals surface area contributed by atoms with Crippen LogP contribution in [0.3, 0.4) is 0 Å². The number of carbonyl (C=O) groups is 1. The molecule has 2 aromatic carbocycles. The maximum Gasteiger partial charge on any atom is 0.336 e. The van der Waals surface area contributed by atoms with Gasteiger partial charge in [0.15, 0.2) is 11.7 Å². The minimum absolute atomic E-state index is 0. The molecule has 0 saturated carbocycles. The molecule has 0 bridgehead atoms. The second-order valence-corrected chi connectivity index (χ2v) is 4.41. The molecule has 1 radical (unpaired) electrons. The van der Waals surface area contributed by atoms with Crippen LogP contribution in [-0.4, -0.2) is 48.3 Å². The van der Waals surface area contributed by atoms with Gasteiger partial charge in [-0.25, -0.2) is 4.79 Å². The van der Waals surface area contributed by atoms with E-state index in [0.29, 0.717) is 11.1 Å². The molecule has 1 atom stereocenters. The molecule has 2 N–H and O–H groups in total. The normalized spacial score (nSPS) is 12.3. The van der Waals surface area contributed by atoms with E-state index in [1.807, 2.05) is 12.1 Å². The Bertz CT molecular complexity index is 532. The van der Waals surface area contributed by atoms with E-state index >= 15 is 0 Å². The molecule has 0 aliphatic heterocycles. The number of ether oxygens (including phenoxy) is 1. The summed E-state index contributed by atoms with van der Waals surface area (Å²) in [6.07, 6.45) is -1.71. The number of aliphatic hydroxyl groups excluding tert-OH is 1. The molecule has 0 saturated heterocycles. The summed E-state index contributed by atoms with van der Waals surface area (Å²) in [5, 5.41) is 19.5. The Hall–Kier alpha value is -1.57. The van der Waals surface area contributed by atoms with E-state index < -0.39 is 17.7 Å². The van der Waals surface area contributed by atoms with Crippen LogP contribution in [0.5, 0.6) is 0 Å². The number of carboxylic acids is 1. The maximum atomic E-state index is 11.3. The zero-order chi connectivity index (χ0) is 14.6. The predicted octanol–water partition coefficient (Wildman–Crippen LogP) is 1.64. The molecule has 105 valence electrons. The van der Waals surface area contributed by atoms with Gasteiger partial charge >= 0.3 is 5.97 Å². The average molecular weight is 279 g/mol. The summed E-state index contributed by atoms with van der Waals surface area (Å²) < 4.78 is 5.50. The average Bonchev–Trinajstić information content (AvgIpc) is 2.50. The molecule has 0 aromatic heterocycles. The first-order chi connectivity index (χ1) is 9.63. The Labute approximate surface area is 135 Å². The molecule has 4 nitrogen and oxygen atoms in total. The maximum absolute atomic E-state index is 11.3. The summed E-state index contributed by atoms with van der Waals surface area (Å²) in [6, 6.07) is 17.7. The molecule has 0 aliphatic carbocycles. The Morgan fingerprint density at radius 2 is 1.38 bits per heavy atom. The number of aliphatic carboxylic acids is 1. The third-order valence-corrected chi connectivity index (χ3v) is 3.35. The summed E-state index contributed by atoms with van der Waals surface area (Å²) >= 11 is 0. The van der Waals surface area contributed by atoms with Crippen molar-refractivity contribution in [3.05, 3.63) is 71.8 Å². The van der Waals surface area contributed by atoms with Crippen molar-refractivity contribution in [2.75, 3.05) is 7.11 Å². The number of aliphatic hydroxyl groups is 1. The van der Waals surface area contributed by atoms with Crippen molar-refractivity contribution in [2.24, 2.45) is 0 Å². The third-order valence-electron chi connectivity index (χ3n) is 3.35. The Morgan fingerprint density at radius 1 is 1.00 bits per heavy atom. The van der Waals surface area contributed by atoms with Gasteiger partial charge in [0.2, 0.25) is 0 Å². The van der Waals surface area contributed by atoms with E-state index in [-0.39, 0.29) is 18.9 Å². The number of rotatable bonds is 5. The summed E-state index contributed by atoms with van der Waals surface area (Å²) in [4.78, 5) is 11.3. The van der Waals surface area contributed by atoms with Gasteiger partial charge in [0.05, 0.1) is 0 Å². The van der Waals surface area contributed by atoms with Crippen LogP contribution in [0.2, 0.25) is 0 Å². The molecule has 2 rings (SSSR count). The van der Waals surface area contributed by atoms with Crippen LogP contribution in [0.15, 0.2) is 60.7 Å². The Morgan fingerprint density at radius 3 is 1.67 bits per heavy atom. The van der Waals surface area contributed by atoms with Gasteiger partial charge in [0.1, 0.15) is 0 Å². The standard InChI is InChI=1S/C16H16O4.Li/c1-20-16(14(17)15(18)19,12-8-4-2-5-9-12)13-10-6-3-7-11-13;/h2-11,14,17H,1H3,(H,18,19);. The largest absolute Gasteiger partial charge is 0.479 e. The van der Waals surface area contributed by atoms with Gasteiger partial charge in [-0.1, -0.05) is 60.7 Å². The molecule has 5 heteroatoms. The molecular weight excluding hydrogens is 263 g/mol. The van der Waals surface area contributed by atoms with Crippen molar-refractivity contribution < 1.29 is 19.7 Å². The smallest absolute Gasteiger partial charge is 0.336 e. The van der Waals surface area contributed by atoms with E-state index in [2.05, 4.69) is 0 Å². The van der Waals surface area contributed by atoms with Crippen molar-refractivity contribution in [2.45, 2.75) is 11.7 Å². The fraction of sp³-hybridized carbons (Fsp3) is 0.188. The minimum atomic E-state index is -1.71. The van der Waals surface area contributed by atoms with Gasteiger partial charge in [-0.3, -0.25) is 0 Å². The van der Waals surface area contributed by atoms with E-state index in [0.717, 1.165) is 0 Å². The van der Waals surface area contributed by atoms with Crippen LogP contribution in [0.25, 0.3) is 0 Å². The first-order valence-corrected chi connectivity index (χ1v) is 6.20. The first-order valence-electron chi connectivity index (χ1n) is 6.20. The third kappa shape index (κ3) is 3.20. The molecule has 0 aliphatic rings. The molecule has 21 heavy (non-hydrogen) atoms. The van der Waals surface area contributed by atoms with Crippen molar-refractivity contribution in [3.8, 4) is 0 Å². The fourth-order valence-corrected chi connectivity index (χ4v) is 2.38.